The van der Waals surface area contributed by atoms with E-state index in [-0.39, 0.29) is 24.8 Å². The summed E-state index contributed by atoms with van der Waals surface area (Å²) in [7, 11) is 0. The molecule has 0 aromatic heterocycles. The number of rotatable bonds is 8. The summed E-state index contributed by atoms with van der Waals surface area (Å²) < 4.78 is 0. The van der Waals surface area contributed by atoms with E-state index in [2.05, 4.69) is 5.32 Å². The van der Waals surface area contributed by atoms with Crippen LogP contribution in [0.5, 0.6) is 0 Å². The first-order valence-corrected chi connectivity index (χ1v) is 7.73. The molecule has 1 atom stereocenters. The number of benzene rings is 1. The van der Waals surface area contributed by atoms with E-state index in [0.29, 0.717) is 18.0 Å². The van der Waals surface area contributed by atoms with Crippen LogP contribution in [0.4, 0.5) is 0 Å². The first kappa shape index (κ1) is 19.0. The molecule has 1 aromatic carbocycles. The molecule has 0 heterocycles. The number of carboxylic acids is 1. The molecule has 0 spiro atoms. The van der Waals surface area contributed by atoms with E-state index in [1.54, 1.807) is 24.3 Å². The topological polar surface area (TPSA) is 86.7 Å². The predicted molar refractivity (Wildman–Crippen MR) is 87.1 cm³/mol. The van der Waals surface area contributed by atoms with Crippen molar-refractivity contribution in [2.75, 3.05) is 13.1 Å². The molecule has 126 valence electrons. The van der Waals surface area contributed by atoms with Crippen molar-refractivity contribution in [3.05, 3.63) is 34.9 Å². The Morgan fingerprint density at radius 1 is 1.26 bits per heavy atom. The minimum atomic E-state index is -1.06. The summed E-state index contributed by atoms with van der Waals surface area (Å²) in [5.41, 5.74) is 0.740. The van der Waals surface area contributed by atoms with E-state index in [9.17, 15) is 14.4 Å². The normalized spacial score (nSPS) is 11.6. The van der Waals surface area contributed by atoms with Gasteiger partial charge < -0.3 is 15.3 Å². The number of carboxylic acid groups (broad SMARTS) is 1. The SMILES string of the molecule is CCCN(CC(=O)O)C(=O)CC(NC(C)=O)c1ccc(Cl)cc1. The van der Waals surface area contributed by atoms with Gasteiger partial charge in [-0.1, -0.05) is 30.7 Å². The summed E-state index contributed by atoms with van der Waals surface area (Å²) in [5.74, 6) is -1.64. The molecule has 0 radical (unpaired) electrons. The number of hydrogen-bond acceptors (Lipinski definition) is 3. The lowest BCUT2D eigenvalue weighted by Gasteiger charge is -2.24. The molecule has 0 aliphatic heterocycles. The predicted octanol–water partition coefficient (Wildman–Crippen LogP) is 2.23. The van der Waals surface area contributed by atoms with Gasteiger partial charge in [-0.2, -0.15) is 0 Å². The Kier molecular flexibility index (Phi) is 7.54. The van der Waals surface area contributed by atoms with Crippen molar-refractivity contribution < 1.29 is 19.5 Å². The van der Waals surface area contributed by atoms with E-state index in [4.69, 9.17) is 16.7 Å². The van der Waals surface area contributed by atoms with Crippen LogP contribution in [0.1, 0.15) is 38.3 Å². The fourth-order valence-electron chi connectivity index (χ4n) is 2.22. The van der Waals surface area contributed by atoms with E-state index in [1.165, 1.54) is 11.8 Å². The second-order valence-corrected chi connectivity index (χ2v) is 5.65. The number of carbonyl (C=O) groups is 3. The van der Waals surface area contributed by atoms with Gasteiger partial charge in [0.05, 0.1) is 12.5 Å². The van der Waals surface area contributed by atoms with Gasteiger partial charge in [0.25, 0.3) is 0 Å². The highest BCUT2D eigenvalue weighted by Gasteiger charge is 2.22. The monoisotopic (exact) mass is 340 g/mol. The van der Waals surface area contributed by atoms with Crippen LogP contribution in [0.15, 0.2) is 24.3 Å². The van der Waals surface area contributed by atoms with Crippen LogP contribution in [0.2, 0.25) is 5.02 Å². The summed E-state index contributed by atoms with van der Waals surface area (Å²) in [5, 5.41) is 12.2. The summed E-state index contributed by atoms with van der Waals surface area (Å²) in [4.78, 5) is 35.9. The summed E-state index contributed by atoms with van der Waals surface area (Å²) in [6.07, 6.45) is 0.652. The van der Waals surface area contributed by atoms with Crippen molar-refractivity contribution in [2.45, 2.75) is 32.7 Å². The van der Waals surface area contributed by atoms with Gasteiger partial charge in [0.2, 0.25) is 11.8 Å². The first-order valence-electron chi connectivity index (χ1n) is 7.35. The zero-order valence-electron chi connectivity index (χ0n) is 13.2. The average Bonchev–Trinajstić information content (AvgIpc) is 2.46. The number of nitrogens with zero attached hydrogens (tertiary/aromatic N) is 1. The van der Waals surface area contributed by atoms with Crippen molar-refractivity contribution in [2.24, 2.45) is 0 Å². The first-order chi connectivity index (χ1) is 10.8. The Balaban J connectivity index is 2.90. The van der Waals surface area contributed by atoms with Gasteiger partial charge in [-0.25, -0.2) is 0 Å². The highest BCUT2D eigenvalue weighted by Crippen LogP contribution is 2.20. The summed E-state index contributed by atoms with van der Waals surface area (Å²) >= 11 is 5.85. The number of carbonyl (C=O) groups excluding carboxylic acids is 2. The lowest BCUT2D eigenvalue weighted by Crippen LogP contribution is -2.39. The van der Waals surface area contributed by atoms with Crippen molar-refractivity contribution in [1.29, 1.82) is 0 Å². The zero-order valence-corrected chi connectivity index (χ0v) is 14.0. The van der Waals surface area contributed by atoms with Gasteiger partial charge in [-0.05, 0) is 24.1 Å². The fourth-order valence-corrected chi connectivity index (χ4v) is 2.35. The van der Waals surface area contributed by atoms with Gasteiger partial charge in [-0.3, -0.25) is 14.4 Å². The van der Waals surface area contributed by atoms with Gasteiger partial charge in [0.1, 0.15) is 6.54 Å². The fraction of sp³-hybridized carbons (Fsp3) is 0.438. The van der Waals surface area contributed by atoms with Crippen molar-refractivity contribution in [3.63, 3.8) is 0 Å². The van der Waals surface area contributed by atoms with E-state index < -0.39 is 12.0 Å². The second kappa shape index (κ2) is 9.15. The van der Waals surface area contributed by atoms with Crippen LogP contribution < -0.4 is 5.32 Å². The van der Waals surface area contributed by atoms with E-state index in [1.807, 2.05) is 6.92 Å². The maximum atomic E-state index is 12.4. The number of hydrogen-bond donors (Lipinski definition) is 2. The molecule has 2 N–H and O–H groups in total. The molecule has 2 amide bonds. The minimum Gasteiger partial charge on any atom is -0.480 e. The maximum Gasteiger partial charge on any atom is 0.323 e. The highest BCUT2D eigenvalue weighted by molar-refractivity contribution is 6.30. The Hall–Kier alpha value is -2.08. The molecule has 0 saturated carbocycles. The standard InChI is InChI=1S/C16H21ClN2O4/c1-3-8-19(10-16(22)23)15(21)9-14(18-11(2)20)12-4-6-13(17)7-5-12/h4-7,14H,3,8-10H2,1-2H3,(H,18,20)(H,22,23). The van der Waals surface area contributed by atoms with Crippen LogP contribution >= 0.6 is 11.6 Å². The molecule has 0 aliphatic carbocycles. The Morgan fingerprint density at radius 2 is 1.87 bits per heavy atom. The average molecular weight is 341 g/mol. The van der Waals surface area contributed by atoms with Crippen LogP contribution in [0, 0.1) is 0 Å². The Bertz CT molecular complexity index is 560. The number of aliphatic carboxylic acids is 1. The lowest BCUT2D eigenvalue weighted by molar-refractivity contribution is -0.144. The molecule has 1 aromatic rings. The molecule has 0 fully saturated rings. The number of nitrogens with one attached hydrogen (secondary N) is 1. The summed E-state index contributed by atoms with van der Waals surface area (Å²) in [6, 6.07) is 6.30. The Morgan fingerprint density at radius 3 is 2.35 bits per heavy atom. The summed E-state index contributed by atoms with van der Waals surface area (Å²) in [6.45, 7) is 3.25. The van der Waals surface area contributed by atoms with Crippen molar-refractivity contribution in [3.8, 4) is 0 Å². The lowest BCUT2D eigenvalue weighted by atomic mass is 10.0. The quantitative estimate of drug-likeness (QED) is 0.759. The molecule has 7 heteroatoms. The van der Waals surface area contributed by atoms with Crippen molar-refractivity contribution >= 4 is 29.4 Å². The number of amides is 2. The van der Waals surface area contributed by atoms with Gasteiger partial charge >= 0.3 is 5.97 Å². The molecule has 1 unspecified atom stereocenters. The van der Waals surface area contributed by atoms with E-state index in [0.717, 1.165) is 5.56 Å². The molecule has 0 aliphatic rings. The molecule has 0 saturated heterocycles. The molecule has 1 rings (SSSR count). The Labute approximate surface area is 140 Å². The van der Waals surface area contributed by atoms with Crippen LogP contribution in [-0.2, 0) is 14.4 Å². The second-order valence-electron chi connectivity index (χ2n) is 5.22. The van der Waals surface area contributed by atoms with Crippen molar-refractivity contribution in [1.82, 2.24) is 10.2 Å². The third-order valence-electron chi connectivity index (χ3n) is 3.20. The smallest absolute Gasteiger partial charge is 0.323 e. The molecular formula is C16H21ClN2O4. The molecular weight excluding hydrogens is 320 g/mol. The molecule has 23 heavy (non-hydrogen) atoms. The van der Waals surface area contributed by atoms with Crippen LogP contribution in [0.25, 0.3) is 0 Å². The van der Waals surface area contributed by atoms with Crippen LogP contribution in [0.3, 0.4) is 0 Å². The largest absolute Gasteiger partial charge is 0.480 e. The van der Waals surface area contributed by atoms with E-state index >= 15 is 0 Å². The number of halogens is 1. The van der Waals surface area contributed by atoms with Gasteiger partial charge in [0, 0.05) is 18.5 Å². The van der Waals surface area contributed by atoms with Crippen LogP contribution in [-0.4, -0.2) is 40.9 Å². The minimum absolute atomic E-state index is 0.00546. The third kappa shape index (κ3) is 6.69. The van der Waals surface area contributed by atoms with Gasteiger partial charge in [0.15, 0.2) is 0 Å². The zero-order chi connectivity index (χ0) is 17.4. The molecule has 6 nitrogen and oxygen atoms in total. The highest BCUT2D eigenvalue weighted by atomic mass is 35.5. The molecule has 0 bridgehead atoms. The maximum absolute atomic E-state index is 12.4. The third-order valence-corrected chi connectivity index (χ3v) is 3.45. The van der Waals surface area contributed by atoms with Gasteiger partial charge in [-0.15, -0.1) is 0 Å².